The summed E-state index contributed by atoms with van der Waals surface area (Å²) in [6.45, 7) is 6.88. The van der Waals surface area contributed by atoms with Gasteiger partial charge in [-0.2, -0.15) is 0 Å². The van der Waals surface area contributed by atoms with Crippen molar-refractivity contribution in [1.29, 1.82) is 0 Å². The van der Waals surface area contributed by atoms with E-state index in [1.165, 1.54) is 4.88 Å². The molecule has 0 amide bonds. The second kappa shape index (κ2) is 3.78. The highest BCUT2D eigenvalue weighted by molar-refractivity contribution is 7.11. The van der Waals surface area contributed by atoms with Crippen molar-refractivity contribution in [3.8, 4) is 0 Å². The van der Waals surface area contributed by atoms with Gasteiger partial charge in [-0.25, -0.2) is 4.98 Å². The maximum absolute atomic E-state index is 10.9. The molecule has 4 nitrogen and oxygen atoms in total. The van der Waals surface area contributed by atoms with E-state index in [2.05, 4.69) is 16.8 Å². The Balaban J connectivity index is 1.58. The molecule has 3 atom stereocenters. The first-order chi connectivity index (χ1) is 8.06. The van der Waals surface area contributed by atoms with E-state index in [0.717, 1.165) is 30.3 Å². The number of nitrogens with zero attached hydrogens (tertiary/aromatic N) is 2. The fourth-order valence-electron chi connectivity index (χ4n) is 2.91. The number of aliphatic carboxylic acids is 1. The molecule has 2 fully saturated rings. The van der Waals surface area contributed by atoms with Gasteiger partial charge in [-0.1, -0.05) is 0 Å². The summed E-state index contributed by atoms with van der Waals surface area (Å²) >= 11 is 1.76. The van der Waals surface area contributed by atoms with E-state index in [1.54, 1.807) is 11.3 Å². The number of carboxylic acids is 1. The van der Waals surface area contributed by atoms with E-state index in [1.807, 2.05) is 6.92 Å². The first-order valence-corrected chi connectivity index (χ1v) is 6.76. The molecule has 3 rings (SSSR count). The number of aryl methyl sites for hydroxylation is 2. The molecule has 2 heterocycles. The Morgan fingerprint density at radius 3 is 2.59 bits per heavy atom. The third-order valence-corrected chi connectivity index (χ3v) is 5.04. The van der Waals surface area contributed by atoms with Gasteiger partial charge in [-0.05, 0) is 25.7 Å². The molecule has 1 aliphatic heterocycles. The van der Waals surface area contributed by atoms with Crippen molar-refractivity contribution < 1.29 is 9.90 Å². The van der Waals surface area contributed by atoms with Crippen molar-refractivity contribution >= 4 is 17.3 Å². The fraction of sp³-hybridized carbons (Fsp3) is 0.667. The number of hydrogen-bond acceptors (Lipinski definition) is 4. The van der Waals surface area contributed by atoms with E-state index >= 15 is 0 Å². The Morgan fingerprint density at radius 1 is 1.47 bits per heavy atom. The van der Waals surface area contributed by atoms with Crippen molar-refractivity contribution in [2.24, 2.45) is 17.8 Å². The van der Waals surface area contributed by atoms with Crippen LogP contribution < -0.4 is 0 Å². The average Bonchev–Trinajstić information content (AvgIpc) is 2.58. The zero-order valence-electron chi connectivity index (χ0n) is 10.0. The predicted molar refractivity (Wildman–Crippen MR) is 65.0 cm³/mol. The summed E-state index contributed by atoms with van der Waals surface area (Å²) in [5.41, 5.74) is 1.12. The number of aromatic nitrogens is 1. The zero-order chi connectivity index (χ0) is 12.2. The number of carbonyl (C=O) groups is 1. The average molecular weight is 252 g/mol. The van der Waals surface area contributed by atoms with Gasteiger partial charge in [0, 0.05) is 18.0 Å². The van der Waals surface area contributed by atoms with Crippen LogP contribution in [0, 0.1) is 31.6 Å². The number of hydrogen-bond donors (Lipinski definition) is 1. The summed E-state index contributed by atoms with van der Waals surface area (Å²) in [4.78, 5) is 19.0. The first kappa shape index (κ1) is 11.2. The van der Waals surface area contributed by atoms with E-state index in [9.17, 15) is 4.79 Å². The van der Waals surface area contributed by atoms with Crippen LogP contribution in [0.5, 0.6) is 0 Å². The van der Waals surface area contributed by atoms with Gasteiger partial charge in [-0.3, -0.25) is 9.69 Å². The number of likely N-dealkylation sites (tertiary alicyclic amines) is 1. The molecule has 0 spiro atoms. The zero-order valence-corrected chi connectivity index (χ0v) is 10.8. The van der Waals surface area contributed by atoms with Gasteiger partial charge in [-0.15, -0.1) is 11.3 Å². The SMILES string of the molecule is Cc1nc(CN2C[C@@H]3C(C(=O)O)[C@@H]3C2)sc1C. The standard InChI is InChI=1S/C12H16N2O2S/c1-6-7(2)17-10(13-6)5-14-3-8-9(4-14)11(8)12(15)16/h8-9,11H,3-5H2,1-2H3,(H,15,16)/t8-,9+,11?. The van der Waals surface area contributed by atoms with Crippen LogP contribution >= 0.6 is 11.3 Å². The number of fused-ring (bicyclic) bond motifs is 1. The molecule has 1 saturated carbocycles. The second-order valence-corrected chi connectivity index (χ2v) is 6.42. The molecule has 1 aliphatic carbocycles. The predicted octanol–water partition coefficient (Wildman–Crippen LogP) is 1.52. The fourth-order valence-corrected chi connectivity index (χ4v) is 3.88. The Bertz CT molecular complexity index is 440. The smallest absolute Gasteiger partial charge is 0.307 e. The molecule has 1 saturated heterocycles. The molecule has 0 radical (unpaired) electrons. The van der Waals surface area contributed by atoms with Crippen LogP contribution in [0.25, 0.3) is 0 Å². The Kier molecular flexibility index (Phi) is 2.48. The summed E-state index contributed by atoms with van der Waals surface area (Å²) in [5.74, 6) is 0.121. The van der Waals surface area contributed by atoms with Crippen molar-refractivity contribution in [3.63, 3.8) is 0 Å². The monoisotopic (exact) mass is 252 g/mol. The van der Waals surface area contributed by atoms with Crippen LogP contribution in [0.1, 0.15) is 15.6 Å². The Hall–Kier alpha value is -0.940. The van der Waals surface area contributed by atoms with Crippen LogP contribution in [-0.4, -0.2) is 34.0 Å². The molecule has 92 valence electrons. The van der Waals surface area contributed by atoms with Gasteiger partial charge in [0.2, 0.25) is 0 Å². The summed E-state index contributed by atoms with van der Waals surface area (Å²) in [6.07, 6.45) is 0. The van der Waals surface area contributed by atoms with E-state index in [-0.39, 0.29) is 5.92 Å². The van der Waals surface area contributed by atoms with Crippen LogP contribution in [0.2, 0.25) is 0 Å². The van der Waals surface area contributed by atoms with E-state index < -0.39 is 5.97 Å². The molecule has 1 N–H and O–H groups in total. The van der Waals surface area contributed by atoms with Gasteiger partial charge in [0.25, 0.3) is 0 Å². The largest absolute Gasteiger partial charge is 0.481 e. The molecule has 0 aromatic carbocycles. The van der Waals surface area contributed by atoms with Crippen LogP contribution in [0.15, 0.2) is 0 Å². The van der Waals surface area contributed by atoms with Gasteiger partial charge >= 0.3 is 5.97 Å². The summed E-state index contributed by atoms with van der Waals surface area (Å²) < 4.78 is 0. The molecule has 17 heavy (non-hydrogen) atoms. The minimum atomic E-state index is -0.611. The van der Waals surface area contributed by atoms with E-state index in [0.29, 0.717) is 11.8 Å². The number of thiazole rings is 1. The lowest BCUT2D eigenvalue weighted by molar-refractivity contribution is -0.139. The molecule has 1 aromatic heterocycles. The molecule has 5 heteroatoms. The van der Waals surface area contributed by atoms with Gasteiger partial charge in [0.15, 0.2) is 0 Å². The molecule has 1 unspecified atom stereocenters. The van der Waals surface area contributed by atoms with Crippen molar-refractivity contribution in [2.75, 3.05) is 13.1 Å². The molecular weight excluding hydrogens is 236 g/mol. The topological polar surface area (TPSA) is 53.4 Å². The van der Waals surface area contributed by atoms with Gasteiger partial charge in [0.1, 0.15) is 5.01 Å². The molecule has 2 aliphatic rings. The summed E-state index contributed by atoms with van der Waals surface area (Å²) in [6, 6.07) is 0. The highest BCUT2D eigenvalue weighted by Crippen LogP contribution is 2.52. The summed E-state index contributed by atoms with van der Waals surface area (Å²) in [5, 5.41) is 10.1. The number of carboxylic acid groups (broad SMARTS) is 1. The molecule has 0 bridgehead atoms. The maximum atomic E-state index is 10.9. The third kappa shape index (κ3) is 1.87. The molecular formula is C12H16N2O2S. The minimum absolute atomic E-state index is 0.0639. The lowest BCUT2D eigenvalue weighted by Crippen LogP contribution is -2.25. The van der Waals surface area contributed by atoms with Crippen LogP contribution in [-0.2, 0) is 11.3 Å². The lowest BCUT2D eigenvalue weighted by Gasteiger charge is -2.16. The third-order valence-electron chi connectivity index (χ3n) is 3.99. The van der Waals surface area contributed by atoms with Crippen LogP contribution in [0.4, 0.5) is 0 Å². The number of piperidine rings is 1. The van der Waals surface area contributed by atoms with E-state index in [4.69, 9.17) is 5.11 Å². The van der Waals surface area contributed by atoms with Crippen molar-refractivity contribution in [2.45, 2.75) is 20.4 Å². The van der Waals surface area contributed by atoms with Crippen LogP contribution in [0.3, 0.4) is 0 Å². The quantitative estimate of drug-likeness (QED) is 0.886. The lowest BCUT2D eigenvalue weighted by atomic mass is 10.2. The number of rotatable bonds is 3. The first-order valence-electron chi connectivity index (χ1n) is 5.94. The maximum Gasteiger partial charge on any atom is 0.307 e. The van der Waals surface area contributed by atoms with Gasteiger partial charge in [0.05, 0.1) is 18.2 Å². The normalized spacial score (nSPS) is 31.5. The highest BCUT2D eigenvalue weighted by Gasteiger charge is 2.59. The summed E-state index contributed by atoms with van der Waals surface area (Å²) in [7, 11) is 0. The highest BCUT2D eigenvalue weighted by atomic mass is 32.1. The van der Waals surface area contributed by atoms with Gasteiger partial charge < -0.3 is 5.11 Å². The van der Waals surface area contributed by atoms with Crippen molar-refractivity contribution in [1.82, 2.24) is 9.88 Å². The second-order valence-electron chi connectivity index (χ2n) is 5.14. The Morgan fingerprint density at radius 2 is 2.12 bits per heavy atom. The molecule has 1 aromatic rings. The van der Waals surface area contributed by atoms with Crippen molar-refractivity contribution in [3.05, 3.63) is 15.6 Å². The minimum Gasteiger partial charge on any atom is -0.481 e. The Labute approximate surface area is 104 Å².